The first-order valence-corrected chi connectivity index (χ1v) is 7.57. The summed E-state index contributed by atoms with van der Waals surface area (Å²) in [5.74, 6) is 0.0368. The van der Waals surface area contributed by atoms with Crippen molar-refractivity contribution >= 4 is 26.5 Å². The molecule has 0 aliphatic heterocycles. The van der Waals surface area contributed by atoms with Gasteiger partial charge in [-0.2, -0.15) is 0 Å². The number of unbranched alkanes of at least 4 members (excludes halogenated alkanes) is 1. The van der Waals surface area contributed by atoms with Crippen molar-refractivity contribution < 1.29 is 8.42 Å². The van der Waals surface area contributed by atoms with Crippen LogP contribution in [0.4, 0.5) is 5.13 Å². The lowest BCUT2D eigenvalue weighted by Crippen LogP contribution is -2.14. The molecular weight excluding hydrogens is 248 g/mol. The van der Waals surface area contributed by atoms with Crippen LogP contribution in [0.3, 0.4) is 0 Å². The molecule has 92 valence electrons. The van der Waals surface area contributed by atoms with Gasteiger partial charge in [0.2, 0.25) is 15.2 Å². The van der Waals surface area contributed by atoms with Crippen molar-refractivity contribution in [3.8, 4) is 0 Å². The second-order valence-electron chi connectivity index (χ2n) is 3.25. The van der Waals surface area contributed by atoms with E-state index in [0.717, 1.165) is 24.3 Å². The maximum Gasteiger partial charge on any atom is 0.234 e. The highest BCUT2D eigenvalue weighted by atomic mass is 32.2. The van der Waals surface area contributed by atoms with E-state index >= 15 is 0 Å². The first kappa shape index (κ1) is 13.3. The highest BCUT2D eigenvalue weighted by molar-refractivity contribution is 7.92. The van der Waals surface area contributed by atoms with Gasteiger partial charge in [-0.3, -0.25) is 4.72 Å². The smallest absolute Gasteiger partial charge is 0.234 e. The predicted molar refractivity (Wildman–Crippen MR) is 65.0 cm³/mol. The average Bonchev–Trinajstić information content (AvgIpc) is 2.65. The molecule has 16 heavy (non-hydrogen) atoms. The summed E-state index contributed by atoms with van der Waals surface area (Å²) in [4.78, 5) is 0. The van der Waals surface area contributed by atoms with E-state index in [4.69, 9.17) is 5.73 Å². The molecule has 3 N–H and O–H groups in total. The van der Waals surface area contributed by atoms with Crippen LogP contribution >= 0.6 is 11.3 Å². The number of hydrogen-bond acceptors (Lipinski definition) is 6. The molecule has 0 bridgehead atoms. The number of aromatic nitrogens is 2. The Morgan fingerprint density at radius 3 is 2.75 bits per heavy atom. The minimum atomic E-state index is -3.25. The predicted octanol–water partition coefficient (Wildman–Crippen LogP) is 0.581. The summed E-state index contributed by atoms with van der Waals surface area (Å²) in [6.07, 6.45) is 2.68. The summed E-state index contributed by atoms with van der Waals surface area (Å²) in [6, 6.07) is 0. The van der Waals surface area contributed by atoms with Crippen molar-refractivity contribution in [2.24, 2.45) is 5.73 Å². The maximum absolute atomic E-state index is 11.2. The zero-order valence-electron chi connectivity index (χ0n) is 9.14. The van der Waals surface area contributed by atoms with Crippen molar-refractivity contribution in [3.05, 3.63) is 5.01 Å². The molecule has 0 spiro atoms. The first-order chi connectivity index (χ1) is 7.57. The van der Waals surface area contributed by atoms with Crippen LogP contribution in [0.25, 0.3) is 0 Å². The van der Waals surface area contributed by atoms with E-state index in [1.807, 2.05) is 0 Å². The summed E-state index contributed by atoms with van der Waals surface area (Å²) in [5.41, 5.74) is 5.37. The molecule has 8 heteroatoms. The molecule has 0 aliphatic rings. The number of rotatable bonds is 7. The second kappa shape index (κ2) is 6.12. The van der Waals surface area contributed by atoms with Gasteiger partial charge in [0.25, 0.3) is 0 Å². The van der Waals surface area contributed by atoms with Gasteiger partial charge in [0.15, 0.2) is 0 Å². The topological polar surface area (TPSA) is 98.0 Å². The van der Waals surface area contributed by atoms with Gasteiger partial charge in [-0.15, -0.1) is 10.2 Å². The Morgan fingerprint density at radius 1 is 1.38 bits per heavy atom. The van der Waals surface area contributed by atoms with Crippen molar-refractivity contribution in [2.75, 3.05) is 17.0 Å². The molecule has 0 atom stereocenters. The number of nitrogens with zero attached hydrogens (tertiary/aromatic N) is 2. The molecule has 0 saturated carbocycles. The molecule has 1 aromatic rings. The zero-order chi connectivity index (χ0) is 12.0. The van der Waals surface area contributed by atoms with Crippen LogP contribution in [-0.4, -0.2) is 30.9 Å². The SMILES string of the molecule is CCS(=O)(=O)Nc1nnc(CCCCN)s1. The fraction of sp³-hybridized carbons (Fsp3) is 0.750. The lowest BCUT2D eigenvalue weighted by atomic mass is 10.2. The summed E-state index contributed by atoms with van der Waals surface area (Å²) in [5, 5.41) is 8.86. The normalized spacial score (nSPS) is 11.6. The summed E-state index contributed by atoms with van der Waals surface area (Å²) < 4.78 is 24.9. The minimum absolute atomic E-state index is 0.0368. The van der Waals surface area contributed by atoms with Crippen LogP contribution in [0.1, 0.15) is 24.8 Å². The van der Waals surface area contributed by atoms with E-state index in [9.17, 15) is 8.42 Å². The third-order valence-corrected chi connectivity index (χ3v) is 4.23. The Kier molecular flexibility index (Phi) is 5.10. The van der Waals surface area contributed by atoms with Crippen molar-refractivity contribution in [1.29, 1.82) is 0 Å². The van der Waals surface area contributed by atoms with E-state index in [1.165, 1.54) is 11.3 Å². The maximum atomic E-state index is 11.2. The highest BCUT2D eigenvalue weighted by Crippen LogP contribution is 2.18. The molecule has 0 amide bonds. The Hall–Kier alpha value is -0.730. The molecule has 1 rings (SSSR count). The summed E-state index contributed by atoms with van der Waals surface area (Å²) >= 11 is 1.27. The van der Waals surface area contributed by atoms with E-state index in [2.05, 4.69) is 14.9 Å². The molecule has 1 aromatic heterocycles. The fourth-order valence-corrected chi connectivity index (χ4v) is 2.65. The molecule has 0 radical (unpaired) electrons. The standard InChI is InChI=1S/C8H16N4O2S2/c1-2-16(13,14)12-8-11-10-7(15-8)5-3-4-6-9/h2-6,9H2,1H3,(H,11,12). The van der Waals surface area contributed by atoms with Crippen LogP contribution in [-0.2, 0) is 16.4 Å². The Labute approximate surface area is 99.3 Å². The number of nitrogens with two attached hydrogens (primary N) is 1. The molecular formula is C8H16N4O2S2. The average molecular weight is 264 g/mol. The molecule has 0 unspecified atom stereocenters. The van der Waals surface area contributed by atoms with Gasteiger partial charge in [-0.05, 0) is 26.3 Å². The lowest BCUT2D eigenvalue weighted by Gasteiger charge is -1.99. The second-order valence-corrected chi connectivity index (χ2v) is 6.33. The van der Waals surface area contributed by atoms with Crippen molar-refractivity contribution in [1.82, 2.24) is 10.2 Å². The third-order valence-electron chi connectivity index (χ3n) is 1.93. The van der Waals surface area contributed by atoms with Crippen molar-refractivity contribution in [2.45, 2.75) is 26.2 Å². The van der Waals surface area contributed by atoms with Crippen LogP contribution in [0.5, 0.6) is 0 Å². The molecule has 6 nitrogen and oxygen atoms in total. The van der Waals surface area contributed by atoms with Crippen LogP contribution in [0, 0.1) is 0 Å². The van der Waals surface area contributed by atoms with E-state index in [-0.39, 0.29) is 5.75 Å². The van der Waals surface area contributed by atoms with E-state index < -0.39 is 10.0 Å². The Balaban J connectivity index is 2.52. The molecule has 0 saturated heterocycles. The summed E-state index contributed by atoms with van der Waals surface area (Å²) in [7, 11) is -3.25. The Morgan fingerprint density at radius 2 is 2.12 bits per heavy atom. The zero-order valence-corrected chi connectivity index (χ0v) is 10.8. The molecule has 0 fully saturated rings. The third kappa shape index (κ3) is 4.42. The minimum Gasteiger partial charge on any atom is -0.330 e. The lowest BCUT2D eigenvalue weighted by molar-refractivity contribution is 0.602. The number of anilines is 1. The van der Waals surface area contributed by atoms with Gasteiger partial charge in [-0.1, -0.05) is 11.3 Å². The van der Waals surface area contributed by atoms with Gasteiger partial charge in [0, 0.05) is 6.42 Å². The summed E-state index contributed by atoms with van der Waals surface area (Å²) in [6.45, 7) is 2.24. The van der Waals surface area contributed by atoms with Crippen LogP contribution < -0.4 is 10.5 Å². The quantitative estimate of drug-likeness (QED) is 0.702. The van der Waals surface area contributed by atoms with Crippen LogP contribution in [0.15, 0.2) is 0 Å². The number of hydrogen-bond donors (Lipinski definition) is 2. The van der Waals surface area contributed by atoms with Gasteiger partial charge in [0.1, 0.15) is 5.01 Å². The van der Waals surface area contributed by atoms with Crippen molar-refractivity contribution in [3.63, 3.8) is 0 Å². The van der Waals surface area contributed by atoms with E-state index in [1.54, 1.807) is 6.92 Å². The monoisotopic (exact) mass is 264 g/mol. The largest absolute Gasteiger partial charge is 0.330 e. The fourth-order valence-electron chi connectivity index (χ4n) is 1.02. The van der Waals surface area contributed by atoms with Gasteiger partial charge < -0.3 is 5.73 Å². The van der Waals surface area contributed by atoms with Crippen LogP contribution in [0.2, 0.25) is 0 Å². The highest BCUT2D eigenvalue weighted by Gasteiger charge is 2.10. The van der Waals surface area contributed by atoms with Gasteiger partial charge in [-0.25, -0.2) is 8.42 Å². The number of nitrogens with one attached hydrogen (secondary N) is 1. The Bertz CT molecular complexity index is 415. The number of aryl methyl sites for hydroxylation is 1. The van der Waals surface area contributed by atoms with Gasteiger partial charge >= 0.3 is 0 Å². The molecule has 0 aliphatic carbocycles. The van der Waals surface area contributed by atoms with Gasteiger partial charge in [0.05, 0.1) is 5.75 Å². The number of sulfonamides is 1. The first-order valence-electron chi connectivity index (χ1n) is 5.10. The molecule has 0 aromatic carbocycles. The van der Waals surface area contributed by atoms with E-state index in [0.29, 0.717) is 11.7 Å². The molecule has 1 heterocycles.